The number of sulfone groups is 1. The normalized spacial score (nSPS) is 18.7. The summed E-state index contributed by atoms with van der Waals surface area (Å²) in [5.41, 5.74) is 1.90. The van der Waals surface area contributed by atoms with Gasteiger partial charge >= 0.3 is 0 Å². The highest BCUT2D eigenvalue weighted by Crippen LogP contribution is 2.33. The Labute approximate surface area is 200 Å². The quantitative estimate of drug-likeness (QED) is 0.356. The van der Waals surface area contributed by atoms with Crippen LogP contribution in [0, 0.1) is 0 Å². The van der Waals surface area contributed by atoms with Gasteiger partial charge in [-0.1, -0.05) is 28.6 Å². The minimum absolute atomic E-state index is 0.0170. The third-order valence-corrected chi connectivity index (χ3v) is 8.76. The van der Waals surface area contributed by atoms with Gasteiger partial charge in [0.2, 0.25) is 0 Å². The van der Waals surface area contributed by atoms with Gasteiger partial charge in [0.1, 0.15) is 10.3 Å². The summed E-state index contributed by atoms with van der Waals surface area (Å²) >= 11 is 1.24. The second-order valence-electron chi connectivity index (χ2n) is 8.04. The van der Waals surface area contributed by atoms with E-state index in [1.165, 1.54) is 23.5 Å². The number of nitrogens with one attached hydrogen (secondary N) is 2. The summed E-state index contributed by atoms with van der Waals surface area (Å²) in [6, 6.07) is 7.95. The number of fused-ring (bicyclic) bond motifs is 1. The lowest BCUT2D eigenvalue weighted by Crippen LogP contribution is -2.25. The van der Waals surface area contributed by atoms with Gasteiger partial charge in [-0.05, 0) is 31.0 Å². The molecule has 0 unspecified atom stereocenters. The van der Waals surface area contributed by atoms with Crippen molar-refractivity contribution in [3.63, 3.8) is 0 Å². The maximum atomic E-state index is 13.2. The van der Waals surface area contributed by atoms with Crippen molar-refractivity contribution in [3.05, 3.63) is 42.1 Å². The first-order valence-electron chi connectivity index (χ1n) is 10.9. The summed E-state index contributed by atoms with van der Waals surface area (Å²) in [7, 11) is -1.55. The van der Waals surface area contributed by atoms with Crippen LogP contribution in [0.15, 0.2) is 46.6 Å². The zero-order chi connectivity index (χ0) is 23.7. The second-order valence-corrected chi connectivity index (χ2v) is 11.2. The van der Waals surface area contributed by atoms with Crippen LogP contribution in [0.5, 0.6) is 0 Å². The van der Waals surface area contributed by atoms with E-state index >= 15 is 0 Å². The van der Waals surface area contributed by atoms with E-state index in [2.05, 4.69) is 25.8 Å². The highest BCUT2D eigenvalue weighted by molar-refractivity contribution is 7.92. The molecule has 1 atom stereocenters. The fraction of sp³-hybridized carbons (Fsp3) is 0.364. The Hall–Kier alpha value is -3.09. The van der Waals surface area contributed by atoms with Crippen LogP contribution in [0.3, 0.4) is 0 Å². The van der Waals surface area contributed by atoms with Crippen molar-refractivity contribution in [1.29, 1.82) is 0 Å². The minimum atomic E-state index is -3.33. The topological polar surface area (TPSA) is 132 Å². The number of thiazole rings is 1. The first kappa shape index (κ1) is 22.7. The van der Waals surface area contributed by atoms with Crippen molar-refractivity contribution in [2.75, 3.05) is 30.9 Å². The first-order valence-corrected chi connectivity index (χ1v) is 13.2. The van der Waals surface area contributed by atoms with Crippen molar-refractivity contribution in [3.8, 4) is 0 Å². The number of carbonyl (C=O) groups is 1. The van der Waals surface area contributed by atoms with Crippen molar-refractivity contribution in [2.45, 2.75) is 35.5 Å². The van der Waals surface area contributed by atoms with Gasteiger partial charge in [-0.2, -0.15) is 0 Å². The van der Waals surface area contributed by atoms with Gasteiger partial charge in [-0.15, -0.1) is 0 Å². The van der Waals surface area contributed by atoms with E-state index in [4.69, 9.17) is 9.57 Å². The van der Waals surface area contributed by atoms with Gasteiger partial charge in [-0.25, -0.2) is 18.4 Å². The molecule has 10 nitrogen and oxygen atoms in total. The molecule has 2 aliphatic rings. The zero-order valence-electron chi connectivity index (χ0n) is 18.4. The molecule has 1 saturated heterocycles. The molecule has 1 amide bonds. The number of hydrogen-bond donors (Lipinski definition) is 2. The molecule has 1 aromatic carbocycles. The highest BCUT2D eigenvalue weighted by atomic mass is 32.2. The lowest BCUT2D eigenvalue weighted by Gasteiger charge is -2.10. The van der Waals surface area contributed by atoms with E-state index in [9.17, 15) is 13.2 Å². The van der Waals surface area contributed by atoms with Crippen molar-refractivity contribution in [2.24, 2.45) is 5.16 Å². The second kappa shape index (κ2) is 9.28. The Kier molecular flexibility index (Phi) is 6.19. The number of rotatable bonds is 8. The van der Waals surface area contributed by atoms with Gasteiger partial charge in [0.05, 0.1) is 29.0 Å². The first-order chi connectivity index (χ1) is 16.5. The van der Waals surface area contributed by atoms with Crippen LogP contribution in [-0.4, -0.2) is 61.6 Å². The molecule has 1 saturated carbocycles. The van der Waals surface area contributed by atoms with Crippen LogP contribution in [0.25, 0.3) is 10.3 Å². The molecule has 0 bridgehead atoms. The van der Waals surface area contributed by atoms with Crippen LogP contribution in [0.4, 0.5) is 10.8 Å². The number of amides is 1. The lowest BCUT2D eigenvalue weighted by atomic mass is 10.1. The number of pyridine rings is 1. The number of nitrogens with zero attached hydrogens (tertiary/aromatic N) is 3. The maximum Gasteiger partial charge on any atom is 0.280 e. The predicted molar refractivity (Wildman–Crippen MR) is 129 cm³/mol. The number of anilines is 2. The van der Waals surface area contributed by atoms with Crippen molar-refractivity contribution in [1.82, 2.24) is 9.97 Å². The minimum Gasteiger partial charge on any atom is -0.389 e. The molecule has 2 aromatic heterocycles. The van der Waals surface area contributed by atoms with E-state index in [-0.39, 0.29) is 22.0 Å². The molecule has 178 valence electrons. The number of carbonyl (C=O) groups excluding carboxylic acids is 1. The Balaban J connectivity index is 1.42. The molecule has 34 heavy (non-hydrogen) atoms. The molecule has 5 rings (SSSR count). The number of ether oxygens (including phenoxy) is 1. The van der Waals surface area contributed by atoms with Crippen molar-refractivity contribution >= 4 is 54.0 Å². The van der Waals surface area contributed by atoms with Crippen LogP contribution in [0.2, 0.25) is 0 Å². The molecule has 3 heterocycles. The number of hydrogen-bond acceptors (Lipinski definition) is 10. The summed E-state index contributed by atoms with van der Waals surface area (Å²) in [6.07, 6.45) is 3.46. The third kappa shape index (κ3) is 4.61. The summed E-state index contributed by atoms with van der Waals surface area (Å²) in [5.74, 6) is -0.526. The van der Waals surface area contributed by atoms with E-state index in [1.807, 2.05) is 0 Å². The molecule has 1 aliphatic carbocycles. The largest absolute Gasteiger partial charge is 0.389 e. The molecule has 0 radical (unpaired) electrons. The van der Waals surface area contributed by atoms with Crippen LogP contribution >= 0.6 is 11.3 Å². The van der Waals surface area contributed by atoms with E-state index in [1.54, 1.807) is 31.4 Å². The molecule has 3 aromatic rings. The Morgan fingerprint density at radius 2 is 2.00 bits per heavy atom. The fourth-order valence-electron chi connectivity index (χ4n) is 3.57. The highest BCUT2D eigenvalue weighted by Gasteiger charge is 2.36. The predicted octanol–water partition coefficient (Wildman–Crippen LogP) is 2.82. The van der Waals surface area contributed by atoms with Gasteiger partial charge in [0.15, 0.2) is 26.8 Å². The molecular weight excluding hydrogens is 478 g/mol. The van der Waals surface area contributed by atoms with Gasteiger partial charge in [-0.3, -0.25) is 10.1 Å². The Bertz CT molecular complexity index is 1340. The van der Waals surface area contributed by atoms with Crippen molar-refractivity contribution < 1.29 is 22.8 Å². The van der Waals surface area contributed by atoms with E-state index in [0.29, 0.717) is 53.5 Å². The Morgan fingerprint density at radius 3 is 2.68 bits per heavy atom. The summed E-state index contributed by atoms with van der Waals surface area (Å²) < 4.78 is 30.3. The monoisotopic (exact) mass is 501 g/mol. The summed E-state index contributed by atoms with van der Waals surface area (Å²) in [5, 5.41) is 10.00. The number of benzene rings is 1. The zero-order valence-corrected chi connectivity index (χ0v) is 20.0. The summed E-state index contributed by atoms with van der Waals surface area (Å²) in [4.78, 5) is 28.5. The maximum absolute atomic E-state index is 13.2. The smallest absolute Gasteiger partial charge is 0.280 e. The van der Waals surface area contributed by atoms with Gasteiger partial charge in [0, 0.05) is 25.2 Å². The van der Waals surface area contributed by atoms with Crippen LogP contribution < -0.4 is 10.6 Å². The fourth-order valence-corrected chi connectivity index (χ4v) is 6.05. The third-order valence-electron chi connectivity index (χ3n) is 5.60. The van der Waals surface area contributed by atoms with E-state index in [0.717, 1.165) is 5.69 Å². The molecule has 2 fully saturated rings. The molecule has 2 N–H and O–H groups in total. The number of aromatic nitrogens is 2. The van der Waals surface area contributed by atoms with Crippen LogP contribution in [0.1, 0.15) is 24.8 Å². The van der Waals surface area contributed by atoms with E-state index < -0.39 is 15.7 Å². The SMILES string of the molecule is CNc1ccnc2sc(NC(=O)C(=NO[C@@H]3CCOC3)c3ccc(S(=O)(=O)C4CC4)cc3)nc12. The number of oxime groups is 1. The van der Waals surface area contributed by atoms with Crippen LogP contribution in [-0.2, 0) is 24.2 Å². The molecular formula is C22H23N5O5S2. The lowest BCUT2D eigenvalue weighted by molar-refractivity contribution is -0.110. The standard InChI is InChI=1S/C22H23N5O5S2/c1-23-17-8-10-24-21-19(17)25-22(33-21)26-20(28)18(27-32-14-9-11-31-12-14)13-2-4-15(5-3-13)34(29,30)16-6-7-16/h2-5,8,10,14,16H,6-7,9,11-12H2,1H3,(H,23,24)(H,25,26,28)/t14-/m1/s1. The van der Waals surface area contributed by atoms with Gasteiger partial charge in [0.25, 0.3) is 5.91 Å². The van der Waals surface area contributed by atoms with Gasteiger partial charge < -0.3 is 14.9 Å². The molecule has 1 aliphatic heterocycles. The average Bonchev–Trinajstić information content (AvgIpc) is 3.43. The molecule has 12 heteroatoms. The average molecular weight is 502 g/mol. The summed E-state index contributed by atoms with van der Waals surface area (Å²) in [6.45, 7) is 0.968. The molecule has 0 spiro atoms. The Morgan fingerprint density at radius 1 is 1.21 bits per heavy atom.